The second-order valence-corrected chi connectivity index (χ2v) is 6.77. The van der Waals surface area contributed by atoms with Crippen LogP contribution >= 0.6 is 0 Å². The summed E-state index contributed by atoms with van der Waals surface area (Å²) in [6.45, 7) is 0.0204. The van der Waals surface area contributed by atoms with Crippen LogP contribution in [0.1, 0.15) is 37.7 Å². The molecule has 0 unspecified atom stereocenters. The van der Waals surface area contributed by atoms with E-state index < -0.39 is 0 Å². The summed E-state index contributed by atoms with van der Waals surface area (Å²) in [5.41, 5.74) is 0.901. The highest BCUT2D eigenvalue weighted by molar-refractivity contribution is 5.94. The molecule has 27 heavy (non-hydrogen) atoms. The molecule has 7 heteroatoms. The van der Waals surface area contributed by atoms with Gasteiger partial charge in [-0.2, -0.15) is 0 Å². The lowest BCUT2D eigenvalue weighted by molar-refractivity contribution is -0.137. The normalized spacial score (nSPS) is 14.6. The highest BCUT2D eigenvalue weighted by Gasteiger charge is 2.27. The molecular weight excluding hydrogens is 346 g/mol. The predicted molar refractivity (Wildman–Crippen MR) is 100 cm³/mol. The van der Waals surface area contributed by atoms with Gasteiger partial charge >= 0.3 is 0 Å². The molecule has 1 heterocycles. The molecule has 0 aliphatic heterocycles. The summed E-state index contributed by atoms with van der Waals surface area (Å²) in [4.78, 5) is 27.1. The minimum atomic E-state index is -0.266. The maximum atomic E-state index is 13.0. The number of hydrogen-bond donors (Lipinski definition) is 1. The number of carbonyl (C=O) groups is 2. The van der Waals surface area contributed by atoms with E-state index in [1.165, 1.54) is 12.7 Å². The van der Waals surface area contributed by atoms with E-state index in [9.17, 15) is 9.59 Å². The highest BCUT2D eigenvalue weighted by atomic mass is 16.5. The number of carbonyl (C=O) groups excluding carboxylic acids is 2. The molecule has 1 aliphatic rings. The SMILES string of the molecule is COc1ccc(CC(=O)N(CC(=O)Nc2ccon2)C2CCCCC2)cc1. The Morgan fingerprint density at radius 3 is 2.56 bits per heavy atom. The van der Waals surface area contributed by atoms with Gasteiger partial charge in [-0.1, -0.05) is 36.6 Å². The molecule has 1 aromatic heterocycles. The molecule has 2 aromatic rings. The van der Waals surface area contributed by atoms with Crippen molar-refractivity contribution in [2.75, 3.05) is 19.0 Å². The number of rotatable bonds is 7. The Kier molecular flexibility index (Phi) is 6.46. The zero-order chi connectivity index (χ0) is 19.1. The summed E-state index contributed by atoms with van der Waals surface area (Å²) in [5, 5.41) is 6.35. The zero-order valence-electron chi connectivity index (χ0n) is 15.5. The van der Waals surface area contributed by atoms with Crippen LogP contribution in [0.3, 0.4) is 0 Å². The van der Waals surface area contributed by atoms with Crippen LogP contribution < -0.4 is 10.1 Å². The molecule has 3 rings (SSSR count). The number of nitrogens with zero attached hydrogens (tertiary/aromatic N) is 2. The fourth-order valence-corrected chi connectivity index (χ4v) is 3.45. The number of benzene rings is 1. The van der Waals surface area contributed by atoms with Gasteiger partial charge in [-0.3, -0.25) is 9.59 Å². The van der Waals surface area contributed by atoms with Gasteiger partial charge in [0.25, 0.3) is 0 Å². The van der Waals surface area contributed by atoms with Gasteiger partial charge in [-0.05, 0) is 30.5 Å². The Bertz CT molecular complexity index is 737. The largest absolute Gasteiger partial charge is 0.497 e. The first kappa shape index (κ1) is 18.9. The molecule has 0 atom stereocenters. The number of amides is 2. The van der Waals surface area contributed by atoms with Crippen molar-refractivity contribution in [3.8, 4) is 5.75 Å². The third-order valence-electron chi connectivity index (χ3n) is 4.87. The summed E-state index contributed by atoms with van der Waals surface area (Å²) < 4.78 is 9.88. The van der Waals surface area contributed by atoms with Crippen molar-refractivity contribution in [2.24, 2.45) is 0 Å². The standard InChI is InChI=1S/C20H25N3O4/c1-26-17-9-7-15(8-10-17)13-20(25)23(16-5-3-2-4-6-16)14-19(24)21-18-11-12-27-22-18/h7-12,16H,2-6,13-14H2,1H3,(H,21,22,24). The van der Waals surface area contributed by atoms with E-state index in [1.54, 1.807) is 18.1 Å². The van der Waals surface area contributed by atoms with Crippen LogP contribution in [0.4, 0.5) is 5.82 Å². The van der Waals surface area contributed by atoms with Gasteiger partial charge in [-0.15, -0.1) is 0 Å². The Morgan fingerprint density at radius 2 is 1.93 bits per heavy atom. The zero-order valence-corrected chi connectivity index (χ0v) is 15.5. The molecule has 7 nitrogen and oxygen atoms in total. The second-order valence-electron chi connectivity index (χ2n) is 6.77. The Hall–Kier alpha value is -2.83. The molecule has 1 aromatic carbocycles. The minimum Gasteiger partial charge on any atom is -0.497 e. The average molecular weight is 371 g/mol. The Balaban J connectivity index is 1.67. The summed E-state index contributed by atoms with van der Waals surface area (Å²) in [5.74, 6) is 0.799. The Labute approximate surface area is 158 Å². The van der Waals surface area contributed by atoms with Crippen molar-refractivity contribution in [2.45, 2.75) is 44.6 Å². The van der Waals surface area contributed by atoms with Crippen LogP contribution in [-0.4, -0.2) is 41.6 Å². The summed E-state index contributed by atoms with van der Waals surface area (Å²) in [6.07, 6.45) is 6.88. The molecule has 0 spiro atoms. The molecule has 1 saturated carbocycles. The van der Waals surface area contributed by atoms with Crippen molar-refractivity contribution in [3.63, 3.8) is 0 Å². The first-order chi connectivity index (χ1) is 13.2. The Morgan fingerprint density at radius 1 is 1.19 bits per heavy atom. The van der Waals surface area contributed by atoms with Crippen LogP contribution in [0.15, 0.2) is 41.1 Å². The molecule has 0 saturated heterocycles. The molecule has 0 bridgehead atoms. The lowest BCUT2D eigenvalue weighted by Crippen LogP contribution is -2.46. The second kappa shape index (κ2) is 9.21. The topological polar surface area (TPSA) is 84.7 Å². The van der Waals surface area contributed by atoms with E-state index in [-0.39, 0.29) is 30.8 Å². The van der Waals surface area contributed by atoms with Gasteiger partial charge in [0.1, 0.15) is 18.6 Å². The number of aromatic nitrogens is 1. The number of hydrogen-bond acceptors (Lipinski definition) is 5. The van der Waals surface area contributed by atoms with E-state index in [4.69, 9.17) is 9.26 Å². The van der Waals surface area contributed by atoms with E-state index >= 15 is 0 Å². The fourth-order valence-electron chi connectivity index (χ4n) is 3.45. The third-order valence-corrected chi connectivity index (χ3v) is 4.87. The average Bonchev–Trinajstić information content (AvgIpc) is 3.20. The van der Waals surface area contributed by atoms with Gasteiger partial charge in [0.05, 0.1) is 13.5 Å². The summed E-state index contributed by atoms with van der Waals surface area (Å²) in [6, 6.07) is 9.11. The van der Waals surface area contributed by atoms with E-state index in [0.717, 1.165) is 37.0 Å². The van der Waals surface area contributed by atoms with Gasteiger partial charge in [0.15, 0.2) is 5.82 Å². The van der Waals surface area contributed by atoms with Crippen LogP contribution in [0.2, 0.25) is 0 Å². The summed E-state index contributed by atoms with van der Waals surface area (Å²) >= 11 is 0. The molecular formula is C20H25N3O4. The van der Waals surface area contributed by atoms with Crippen molar-refractivity contribution in [1.29, 1.82) is 0 Å². The number of nitrogens with one attached hydrogen (secondary N) is 1. The summed E-state index contributed by atoms with van der Waals surface area (Å²) in [7, 11) is 1.61. The fraction of sp³-hybridized carbons (Fsp3) is 0.450. The number of anilines is 1. The number of methoxy groups -OCH3 is 1. The van der Waals surface area contributed by atoms with E-state index in [0.29, 0.717) is 5.82 Å². The predicted octanol–water partition coefficient (Wildman–Crippen LogP) is 3.03. The lowest BCUT2D eigenvalue weighted by atomic mass is 9.93. The minimum absolute atomic E-state index is 0.0204. The van der Waals surface area contributed by atoms with E-state index in [2.05, 4.69) is 10.5 Å². The molecule has 1 N–H and O–H groups in total. The van der Waals surface area contributed by atoms with Crippen LogP contribution in [0.25, 0.3) is 0 Å². The monoisotopic (exact) mass is 371 g/mol. The quantitative estimate of drug-likeness (QED) is 0.809. The van der Waals surface area contributed by atoms with Crippen molar-refractivity contribution in [1.82, 2.24) is 10.1 Å². The first-order valence-electron chi connectivity index (χ1n) is 9.28. The van der Waals surface area contributed by atoms with Gasteiger partial charge in [0.2, 0.25) is 11.8 Å². The first-order valence-corrected chi connectivity index (χ1v) is 9.28. The smallest absolute Gasteiger partial charge is 0.245 e. The van der Waals surface area contributed by atoms with Crippen LogP contribution in [-0.2, 0) is 16.0 Å². The lowest BCUT2D eigenvalue weighted by Gasteiger charge is -2.34. The molecule has 144 valence electrons. The van der Waals surface area contributed by atoms with Gasteiger partial charge < -0.3 is 19.5 Å². The number of ether oxygens (including phenoxy) is 1. The van der Waals surface area contributed by atoms with Crippen molar-refractivity contribution >= 4 is 17.6 Å². The van der Waals surface area contributed by atoms with Gasteiger partial charge in [0, 0.05) is 12.1 Å². The highest BCUT2D eigenvalue weighted by Crippen LogP contribution is 2.23. The maximum Gasteiger partial charge on any atom is 0.245 e. The van der Waals surface area contributed by atoms with E-state index in [1.807, 2.05) is 24.3 Å². The molecule has 0 radical (unpaired) electrons. The molecule has 1 fully saturated rings. The van der Waals surface area contributed by atoms with Crippen LogP contribution in [0, 0.1) is 0 Å². The van der Waals surface area contributed by atoms with Gasteiger partial charge in [-0.25, -0.2) is 0 Å². The van der Waals surface area contributed by atoms with Crippen molar-refractivity contribution < 1.29 is 18.8 Å². The van der Waals surface area contributed by atoms with Crippen LogP contribution in [0.5, 0.6) is 5.75 Å². The third kappa shape index (κ3) is 5.32. The maximum absolute atomic E-state index is 13.0. The van der Waals surface area contributed by atoms with Crippen molar-refractivity contribution in [3.05, 3.63) is 42.2 Å². The molecule has 2 amide bonds. The molecule has 1 aliphatic carbocycles.